The van der Waals surface area contributed by atoms with Gasteiger partial charge in [0.2, 0.25) is 5.95 Å². The molecule has 0 unspecified atom stereocenters. The molecule has 2 amide bonds. The van der Waals surface area contributed by atoms with Crippen LogP contribution in [0.2, 0.25) is 0 Å². The number of hydrogen-bond donors (Lipinski definition) is 3. The predicted molar refractivity (Wildman–Crippen MR) is 103 cm³/mol. The van der Waals surface area contributed by atoms with Crippen LogP contribution in [0.15, 0.2) is 42.6 Å². The Morgan fingerprint density at radius 3 is 2.63 bits per heavy atom. The zero-order valence-electron chi connectivity index (χ0n) is 15.0. The zero-order valence-corrected chi connectivity index (χ0v) is 15.0. The van der Waals surface area contributed by atoms with Crippen molar-refractivity contribution in [2.45, 2.75) is 0 Å². The van der Waals surface area contributed by atoms with E-state index in [0.29, 0.717) is 29.6 Å². The van der Waals surface area contributed by atoms with E-state index in [1.807, 2.05) is 19.0 Å². The number of rotatable bonds is 6. The standard InChI is InChI=1S/C18H20FN7O/c1-26(2)10-9-20-18(27)24-15-8-3-12-11-21-17(25-16(12)23-15)22-14-6-4-13(19)5-7-14/h3-8,11H,9-10H2,1-2H3,(H3,20,21,22,23,24,25,27). The number of amides is 2. The number of pyridine rings is 1. The molecular weight excluding hydrogens is 349 g/mol. The molecule has 0 fully saturated rings. The van der Waals surface area contributed by atoms with Crippen LogP contribution in [0, 0.1) is 5.82 Å². The molecular formula is C18H20FN7O. The number of carbonyl (C=O) groups excluding carboxylic acids is 1. The van der Waals surface area contributed by atoms with Crippen LogP contribution in [0.25, 0.3) is 11.0 Å². The molecule has 3 rings (SSSR count). The first kappa shape index (κ1) is 18.5. The van der Waals surface area contributed by atoms with E-state index in [4.69, 9.17) is 0 Å². The lowest BCUT2D eigenvalue weighted by Gasteiger charge is -2.11. The van der Waals surface area contributed by atoms with Crippen LogP contribution in [-0.4, -0.2) is 53.1 Å². The van der Waals surface area contributed by atoms with Crippen molar-refractivity contribution in [3.8, 4) is 0 Å². The van der Waals surface area contributed by atoms with Gasteiger partial charge < -0.3 is 15.5 Å². The molecule has 1 aromatic carbocycles. The lowest BCUT2D eigenvalue weighted by atomic mass is 10.3. The van der Waals surface area contributed by atoms with E-state index in [1.165, 1.54) is 12.1 Å². The fourth-order valence-electron chi connectivity index (χ4n) is 2.26. The Hall–Kier alpha value is -3.33. The molecule has 27 heavy (non-hydrogen) atoms. The monoisotopic (exact) mass is 369 g/mol. The molecule has 0 aliphatic carbocycles. The summed E-state index contributed by atoms with van der Waals surface area (Å²) in [7, 11) is 3.86. The summed E-state index contributed by atoms with van der Waals surface area (Å²) in [5.74, 6) is 0.395. The summed E-state index contributed by atoms with van der Waals surface area (Å²) >= 11 is 0. The normalized spacial score (nSPS) is 10.8. The molecule has 0 bridgehead atoms. The SMILES string of the molecule is CN(C)CCNC(=O)Nc1ccc2cnc(Nc3ccc(F)cc3)nc2n1. The second kappa shape index (κ2) is 8.37. The number of aromatic nitrogens is 3. The van der Waals surface area contributed by atoms with Crippen molar-refractivity contribution < 1.29 is 9.18 Å². The zero-order chi connectivity index (χ0) is 19.2. The van der Waals surface area contributed by atoms with Gasteiger partial charge in [-0.15, -0.1) is 0 Å². The molecule has 0 aliphatic heterocycles. The van der Waals surface area contributed by atoms with Gasteiger partial charge in [0, 0.05) is 30.4 Å². The van der Waals surface area contributed by atoms with Crippen LogP contribution in [0.4, 0.5) is 26.6 Å². The van der Waals surface area contributed by atoms with Crippen molar-refractivity contribution in [1.29, 1.82) is 0 Å². The molecule has 0 atom stereocenters. The molecule has 0 saturated heterocycles. The number of carbonyl (C=O) groups is 1. The van der Waals surface area contributed by atoms with Crippen molar-refractivity contribution in [2.75, 3.05) is 37.8 Å². The summed E-state index contributed by atoms with van der Waals surface area (Å²) < 4.78 is 13.0. The van der Waals surface area contributed by atoms with Crippen LogP contribution in [-0.2, 0) is 0 Å². The van der Waals surface area contributed by atoms with Crippen LogP contribution in [0.3, 0.4) is 0 Å². The summed E-state index contributed by atoms with van der Waals surface area (Å²) in [5, 5.41) is 9.16. The van der Waals surface area contributed by atoms with Crippen molar-refractivity contribution in [3.05, 3.63) is 48.4 Å². The summed E-state index contributed by atoms with van der Waals surface area (Å²) in [5.41, 5.74) is 1.09. The Balaban J connectivity index is 1.69. The van der Waals surface area contributed by atoms with Gasteiger partial charge >= 0.3 is 6.03 Å². The van der Waals surface area contributed by atoms with E-state index < -0.39 is 0 Å². The van der Waals surface area contributed by atoms with Crippen molar-refractivity contribution >= 4 is 34.5 Å². The molecule has 0 aliphatic rings. The minimum absolute atomic E-state index is 0.318. The van der Waals surface area contributed by atoms with Gasteiger partial charge in [-0.25, -0.2) is 19.2 Å². The first-order valence-corrected chi connectivity index (χ1v) is 8.35. The number of fused-ring (bicyclic) bond motifs is 1. The summed E-state index contributed by atoms with van der Waals surface area (Å²) in [6.45, 7) is 1.27. The quantitative estimate of drug-likeness (QED) is 0.618. The van der Waals surface area contributed by atoms with Crippen molar-refractivity contribution in [3.63, 3.8) is 0 Å². The van der Waals surface area contributed by atoms with Gasteiger partial charge in [-0.3, -0.25) is 5.32 Å². The number of anilines is 3. The molecule has 9 heteroatoms. The topological polar surface area (TPSA) is 95.1 Å². The average Bonchev–Trinajstić information content (AvgIpc) is 2.63. The third-order valence-corrected chi connectivity index (χ3v) is 3.63. The lowest BCUT2D eigenvalue weighted by Crippen LogP contribution is -2.34. The Bertz CT molecular complexity index is 931. The van der Waals surface area contributed by atoms with E-state index >= 15 is 0 Å². The van der Waals surface area contributed by atoms with Crippen LogP contribution in [0.1, 0.15) is 0 Å². The third-order valence-electron chi connectivity index (χ3n) is 3.63. The highest BCUT2D eigenvalue weighted by Crippen LogP contribution is 2.17. The molecule has 0 radical (unpaired) electrons. The summed E-state index contributed by atoms with van der Waals surface area (Å²) in [4.78, 5) is 26.8. The van der Waals surface area contributed by atoms with Gasteiger partial charge in [0.1, 0.15) is 11.6 Å². The number of nitrogens with one attached hydrogen (secondary N) is 3. The number of hydrogen-bond acceptors (Lipinski definition) is 6. The smallest absolute Gasteiger partial charge is 0.320 e. The number of benzene rings is 1. The Morgan fingerprint density at radius 1 is 1.11 bits per heavy atom. The molecule has 3 N–H and O–H groups in total. The highest BCUT2D eigenvalue weighted by atomic mass is 19.1. The highest BCUT2D eigenvalue weighted by Gasteiger charge is 2.06. The number of urea groups is 1. The van der Waals surface area contributed by atoms with Gasteiger partial charge in [0.15, 0.2) is 5.65 Å². The summed E-state index contributed by atoms with van der Waals surface area (Å²) in [6.07, 6.45) is 1.63. The van der Waals surface area contributed by atoms with Crippen LogP contribution < -0.4 is 16.0 Å². The van der Waals surface area contributed by atoms with Crippen LogP contribution in [0.5, 0.6) is 0 Å². The van der Waals surface area contributed by atoms with Gasteiger partial charge in [-0.2, -0.15) is 4.98 Å². The maximum atomic E-state index is 13.0. The molecule has 8 nitrogen and oxygen atoms in total. The van der Waals surface area contributed by atoms with Gasteiger partial charge in [0.05, 0.1) is 0 Å². The minimum atomic E-state index is -0.331. The Morgan fingerprint density at radius 2 is 1.89 bits per heavy atom. The lowest BCUT2D eigenvalue weighted by molar-refractivity contribution is 0.250. The molecule has 3 aromatic rings. The largest absolute Gasteiger partial charge is 0.337 e. The van der Waals surface area contributed by atoms with E-state index in [9.17, 15) is 9.18 Å². The molecule has 140 valence electrons. The molecule has 2 heterocycles. The third kappa shape index (κ3) is 5.32. The highest BCUT2D eigenvalue weighted by molar-refractivity contribution is 5.89. The Kier molecular flexibility index (Phi) is 5.72. The fourth-order valence-corrected chi connectivity index (χ4v) is 2.26. The Labute approximate surface area is 155 Å². The molecule has 0 spiro atoms. The van der Waals surface area contributed by atoms with Gasteiger partial charge in [0.25, 0.3) is 0 Å². The predicted octanol–water partition coefficient (Wildman–Crippen LogP) is 2.59. The minimum Gasteiger partial charge on any atom is -0.337 e. The van der Waals surface area contributed by atoms with Crippen molar-refractivity contribution in [1.82, 2.24) is 25.2 Å². The number of likely N-dealkylation sites (N-methyl/N-ethyl adjacent to an activating group) is 1. The average molecular weight is 369 g/mol. The first-order valence-electron chi connectivity index (χ1n) is 8.35. The van der Waals surface area contributed by atoms with Gasteiger partial charge in [-0.1, -0.05) is 0 Å². The van der Waals surface area contributed by atoms with Crippen LogP contribution >= 0.6 is 0 Å². The van der Waals surface area contributed by atoms with Gasteiger partial charge in [-0.05, 0) is 50.5 Å². The van der Waals surface area contributed by atoms with E-state index in [-0.39, 0.29) is 11.8 Å². The maximum absolute atomic E-state index is 13.0. The fraction of sp³-hybridized carbons (Fsp3) is 0.222. The molecule has 0 saturated carbocycles. The van der Waals surface area contributed by atoms with E-state index in [2.05, 4.69) is 30.9 Å². The number of halogens is 1. The van der Waals surface area contributed by atoms with E-state index in [1.54, 1.807) is 30.5 Å². The van der Waals surface area contributed by atoms with Crippen molar-refractivity contribution in [2.24, 2.45) is 0 Å². The maximum Gasteiger partial charge on any atom is 0.320 e. The number of nitrogens with zero attached hydrogens (tertiary/aromatic N) is 4. The second-order valence-corrected chi connectivity index (χ2v) is 6.12. The second-order valence-electron chi connectivity index (χ2n) is 6.12. The molecule has 2 aromatic heterocycles. The summed E-state index contributed by atoms with van der Waals surface area (Å²) in [6, 6.07) is 9.00. The van der Waals surface area contributed by atoms with E-state index in [0.717, 1.165) is 11.9 Å². The first-order chi connectivity index (χ1) is 13.0.